The number of benzene rings is 1. The first kappa shape index (κ1) is 17.3. The van der Waals surface area contributed by atoms with Crippen molar-refractivity contribution in [2.75, 3.05) is 37.4 Å². The molecule has 0 aliphatic carbocycles. The number of likely N-dealkylation sites (tertiary alicyclic amines) is 1. The molecule has 0 radical (unpaired) electrons. The van der Waals surface area contributed by atoms with Crippen molar-refractivity contribution in [1.29, 1.82) is 0 Å². The first-order valence-corrected chi connectivity index (χ1v) is 8.38. The Morgan fingerprint density at radius 2 is 2.00 bits per heavy atom. The third kappa shape index (κ3) is 4.51. The third-order valence-electron chi connectivity index (χ3n) is 3.90. The number of nitrogens with one attached hydrogen (secondary N) is 1. The van der Waals surface area contributed by atoms with Gasteiger partial charge >= 0.3 is 6.03 Å². The zero-order chi connectivity index (χ0) is 17.8. The average molecular weight is 362 g/mol. The Bertz CT molecular complexity index is 721. The van der Waals surface area contributed by atoms with Gasteiger partial charge in [-0.2, -0.15) is 0 Å². The maximum absolute atomic E-state index is 12.3. The van der Waals surface area contributed by atoms with Crippen molar-refractivity contribution in [3.05, 3.63) is 41.4 Å². The molecule has 1 atom stereocenters. The summed E-state index contributed by atoms with van der Waals surface area (Å²) in [5.74, 6) is 1.23. The van der Waals surface area contributed by atoms with Gasteiger partial charge in [0.15, 0.2) is 5.82 Å². The van der Waals surface area contributed by atoms with Crippen LogP contribution >= 0.6 is 11.6 Å². The molecule has 1 unspecified atom stereocenters. The lowest BCUT2D eigenvalue weighted by molar-refractivity contribution is 0.188. The van der Waals surface area contributed by atoms with Crippen LogP contribution in [0.4, 0.5) is 16.3 Å². The second-order valence-electron chi connectivity index (χ2n) is 6.04. The van der Waals surface area contributed by atoms with E-state index in [1.165, 1.54) is 0 Å². The predicted molar refractivity (Wildman–Crippen MR) is 97.4 cm³/mol. The van der Waals surface area contributed by atoms with Crippen LogP contribution < -0.4 is 15.0 Å². The van der Waals surface area contributed by atoms with Gasteiger partial charge in [0.2, 0.25) is 5.88 Å². The molecule has 8 heteroatoms. The highest BCUT2D eigenvalue weighted by Crippen LogP contribution is 2.19. The van der Waals surface area contributed by atoms with Gasteiger partial charge in [-0.1, -0.05) is 11.6 Å². The van der Waals surface area contributed by atoms with Gasteiger partial charge in [-0.15, -0.1) is 10.2 Å². The molecule has 1 fully saturated rings. The summed E-state index contributed by atoms with van der Waals surface area (Å²) in [6.45, 7) is 1.14. The largest absolute Gasteiger partial charge is 0.471 e. The van der Waals surface area contributed by atoms with Crippen molar-refractivity contribution in [3.63, 3.8) is 0 Å². The number of aromatic nitrogens is 2. The van der Waals surface area contributed by atoms with E-state index in [0.29, 0.717) is 29.7 Å². The molecule has 3 rings (SSSR count). The highest BCUT2D eigenvalue weighted by atomic mass is 35.5. The SMILES string of the molecule is CN(C)c1ccc(OC2CCN(C(=O)Nc3ccc(Cl)cc3)C2)nn1. The van der Waals surface area contributed by atoms with Gasteiger partial charge in [0.25, 0.3) is 0 Å². The summed E-state index contributed by atoms with van der Waals surface area (Å²) in [5.41, 5.74) is 0.712. The molecule has 132 valence electrons. The molecule has 1 saturated heterocycles. The number of halogens is 1. The molecule has 0 saturated carbocycles. The normalized spacial score (nSPS) is 16.6. The molecule has 2 amide bonds. The summed E-state index contributed by atoms with van der Waals surface area (Å²) in [5, 5.41) is 11.6. The Morgan fingerprint density at radius 1 is 1.24 bits per heavy atom. The maximum Gasteiger partial charge on any atom is 0.321 e. The van der Waals surface area contributed by atoms with E-state index in [1.54, 1.807) is 35.2 Å². The van der Waals surface area contributed by atoms with E-state index in [2.05, 4.69) is 15.5 Å². The van der Waals surface area contributed by atoms with Crippen molar-refractivity contribution in [1.82, 2.24) is 15.1 Å². The summed E-state index contributed by atoms with van der Waals surface area (Å²) in [7, 11) is 3.80. The Hall–Kier alpha value is -2.54. The van der Waals surface area contributed by atoms with Crippen molar-refractivity contribution in [3.8, 4) is 5.88 Å². The van der Waals surface area contributed by atoms with Crippen LogP contribution in [0.15, 0.2) is 36.4 Å². The number of ether oxygens (including phenoxy) is 1. The zero-order valence-electron chi connectivity index (χ0n) is 14.1. The van der Waals surface area contributed by atoms with Crippen LogP contribution in [0.1, 0.15) is 6.42 Å². The van der Waals surface area contributed by atoms with Gasteiger partial charge in [0, 0.05) is 43.8 Å². The van der Waals surface area contributed by atoms with Gasteiger partial charge in [-0.25, -0.2) is 4.79 Å². The van der Waals surface area contributed by atoms with Crippen LogP contribution in [-0.4, -0.2) is 54.4 Å². The Morgan fingerprint density at radius 3 is 2.64 bits per heavy atom. The van der Waals surface area contributed by atoms with Crippen molar-refractivity contribution in [2.45, 2.75) is 12.5 Å². The lowest BCUT2D eigenvalue weighted by atomic mass is 10.3. The molecule has 2 heterocycles. The summed E-state index contributed by atoms with van der Waals surface area (Å²) >= 11 is 5.85. The number of urea groups is 1. The van der Waals surface area contributed by atoms with Gasteiger partial charge in [-0.3, -0.25) is 0 Å². The first-order valence-electron chi connectivity index (χ1n) is 8.00. The summed E-state index contributed by atoms with van der Waals surface area (Å²) in [6, 6.07) is 10.5. The highest BCUT2D eigenvalue weighted by molar-refractivity contribution is 6.30. The third-order valence-corrected chi connectivity index (χ3v) is 4.15. The second kappa shape index (κ2) is 7.57. The molecular weight excluding hydrogens is 342 g/mol. The number of anilines is 2. The molecule has 1 aliphatic rings. The molecular formula is C17H20ClN5O2. The smallest absolute Gasteiger partial charge is 0.321 e. The van der Waals surface area contributed by atoms with Crippen LogP contribution in [0.3, 0.4) is 0 Å². The van der Waals surface area contributed by atoms with E-state index in [9.17, 15) is 4.79 Å². The first-order chi connectivity index (χ1) is 12.0. The van der Waals surface area contributed by atoms with E-state index < -0.39 is 0 Å². The fourth-order valence-electron chi connectivity index (χ4n) is 2.53. The standard InChI is InChI=1S/C17H20ClN5O2/c1-22(2)15-7-8-16(21-20-15)25-14-9-10-23(11-14)17(24)19-13-5-3-12(18)4-6-13/h3-8,14H,9-11H2,1-2H3,(H,19,24). The lowest BCUT2D eigenvalue weighted by Gasteiger charge is -2.18. The molecule has 1 aliphatic heterocycles. The molecule has 2 aromatic rings. The van der Waals surface area contributed by atoms with Gasteiger partial charge in [0.05, 0.1) is 6.54 Å². The quantitative estimate of drug-likeness (QED) is 0.906. The van der Waals surface area contributed by atoms with E-state index in [1.807, 2.05) is 25.1 Å². The van der Waals surface area contributed by atoms with Crippen LogP contribution in [0.5, 0.6) is 5.88 Å². The van der Waals surface area contributed by atoms with Crippen LogP contribution in [0.2, 0.25) is 5.02 Å². The van der Waals surface area contributed by atoms with E-state index in [-0.39, 0.29) is 12.1 Å². The van der Waals surface area contributed by atoms with Crippen LogP contribution in [-0.2, 0) is 0 Å². The van der Waals surface area contributed by atoms with Crippen molar-refractivity contribution in [2.24, 2.45) is 0 Å². The number of hydrogen-bond donors (Lipinski definition) is 1. The number of nitrogens with zero attached hydrogens (tertiary/aromatic N) is 4. The predicted octanol–water partition coefficient (Wildman–Crippen LogP) is 2.88. The van der Waals surface area contributed by atoms with Gasteiger partial charge in [0.1, 0.15) is 6.10 Å². The molecule has 1 aromatic heterocycles. The van der Waals surface area contributed by atoms with E-state index in [0.717, 1.165) is 12.2 Å². The van der Waals surface area contributed by atoms with Crippen molar-refractivity contribution >= 4 is 29.1 Å². The van der Waals surface area contributed by atoms with E-state index >= 15 is 0 Å². The fourth-order valence-corrected chi connectivity index (χ4v) is 2.66. The minimum absolute atomic E-state index is 0.0875. The van der Waals surface area contributed by atoms with Gasteiger partial charge < -0.3 is 19.9 Å². The Balaban J connectivity index is 1.52. The Labute approximate surface area is 151 Å². The molecule has 7 nitrogen and oxygen atoms in total. The Kier molecular flexibility index (Phi) is 5.23. The highest BCUT2D eigenvalue weighted by Gasteiger charge is 2.28. The minimum Gasteiger partial charge on any atom is -0.471 e. The maximum atomic E-state index is 12.3. The number of amides is 2. The summed E-state index contributed by atoms with van der Waals surface area (Å²) in [4.78, 5) is 15.9. The monoisotopic (exact) mass is 361 g/mol. The minimum atomic E-state index is -0.150. The number of carbonyl (C=O) groups is 1. The fraction of sp³-hybridized carbons (Fsp3) is 0.353. The number of rotatable bonds is 4. The number of carbonyl (C=O) groups excluding carboxylic acids is 1. The zero-order valence-corrected chi connectivity index (χ0v) is 14.9. The number of hydrogen-bond acceptors (Lipinski definition) is 5. The van der Waals surface area contributed by atoms with Gasteiger partial charge in [-0.05, 0) is 30.3 Å². The van der Waals surface area contributed by atoms with E-state index in [4.69, 9.17) is 16.3 Å². The topological polar surface area (TPSA) is 70.6 Å². The molecule has 25 heavy (non-hydrogen) atoms. The second-order valence-corrected chi connectivity index (χ2v) is 6.47. The lowest BCUT2D eigenvalue weighted by Crippen LogP contribution is -2.34. The molecule has 0 spiro atoms. The van der Waals surface area contributed by atoms with Crippen LogP contribution in [0.25, 0.3) is 0 Å². The molecule has 1 N–H and O–H groups in total. The van der Waals surface area contributed by atoms with Crippen molar-refractivity contribution < 1.29 is 9.53 Å². The summed E-state index contributed by atoms with van der Waals surface area (Å²) < 4.78 is 5.83. The summed E-state index contributed by atoms with van der Waals surface area (Å²) in [6.07, 6.45) is 0.668. The van der Waals surface area contributed by atoms with Crippen LogP contribution in [0, 0.1) is 0 Å². The average Bonchev–Trinajstić information content (AvgIpc) is 3.06. The molecule has 0 bridgehead atoms. The molecule has 1 aromatic carbocycles.